The molecular weight excluding hydrogens is 432 g/mol. The number of carbonyl (C=O) groups excluding carboxylic acids is 1. The number of anilines is 1. The van der Waals surface area contributed by atoms with Crippen molar-refractivity contribution in [2.24, 2.45) is 7.05 Å². The largest absolute Gasteiger partial charge is 0.273 e. The topological polar surface area (TPSA) is 85.2 Å². The van der Waals surface area contributed by atoms with E-state index in [1.807, 2.05) is 19.1 Å². The molecule has 7 nitrogen and oxygen atoms in total. The maximum absolute atomic E-state index is 13.1. The smallest absolute Gasteiger partial charge is 0.246 e. The van der Waals surface area contributed by atoms with Crippen molar-refractivity contribution in [3.05, 3.63) is 51.2 Å². The minimum Gasteiger partial charge on any atom is -0.273 e. The average molecular weight is 453 g/mol. The third-order valence-electron chi connectivity index (χ3n) is 4.53. The van der Waals surface area contributed by atoms with Crippen molar-refractivity contribution in [1.82, 2.24) is 14.8 Å². The second-order valence-corrected chi connectivity index (χ2v) is 10.2. The van der Waals surface area contributed by atoms with Crippen LogP contribution in [-0.2, 0) is 28.3 Å². The molecule has 0 aliphatic rings. The third-order valence-corrected chi connectivity index (χ3v) is 6.90. The number of carbonyl (C=O) groups is 1. The molecule has 1 aromatic carbocycles. The lowest BCUT2D eigenvalue weighted by Crippen LogP contribution is -2.38. The van der Waals surface area contributed by atoms with E-state index in [1.165, 1.54) is 11.3 Å². The van der Waals surface area contributed by atoms with Gasteiger partial charge in [0.15, 0.2) is 0 Å². The molecule has 0 saturated carbocycles. The summed E-state index contributed by atoms with van der Waals surface area (Å²) in [6.45, 7) is 5.28. The van der Waals surface area contributed by atoms with Crippen LogP contribution in [0.25, 0.3) is 10.6 Å². The highest BCUT2D eigenvalue weighted by Crippen LogP contribution is 2.31. The van der Waals surface area contributed by atoms with Gasteiger partial charge in [0.05, 0.1) is 29.8 Å². The molecular formula is C19H21ClN4O3S2. The van der Waals surface area contributed by atoms with Gasteiger partial charge in [-0.15, -0.1) is 11.3 Å². The van der Waals surface area contributed by atoms with E-state index < -0.39 is 15.9 Å². The number of sulfonamides is 1. The van der Waals surface area contributed by atoms with E-state index in [0.717, 1.165) is 26.0 Å². The molecule has 0 saturated heterocycles. The lowest BCUT2D eigenvalue weighted by Gasteiger charge is -2.20. The Morgan fingerprint density at radius 1 is 1.21 bits per heavy atom. The minimum absolute atomic E-state index is 0.128. The summed E-state index contributed by atoms with van der Waals surface area (Å²) in [5, 5.41) is 5.62. The molecule has 2 heterocycles. The van der Waals surface area contributed by atoms with Crippen molar-refractivity contribution in [3.8, 4) is 10.6 Å². The Kier molecular flexibility index (Phi) is 5.84. The van der Waals surface area contributed by atoms with Crippen LogP contribution in [0.15, 0.2) is 24.3 Å². The van der Waals surface area contributed by atoms with Crippen LogP contribution in [-0.4, -0.2) is 35.3 Å². The molecule has 0 spiro atoms. The summed E-state index contributed by atoms with van der Waals surface area (Å²) in [7, 11) is -2.13. The Bertz CT molecular complexity index is 1180. The summed E-state index contributed by atoms with van der Waals surface area (Å²) in [5.74, 6) is -0.567. The zero-order chi connectivity index (χ0) is 21.5. The Hall–Kier alpha value is -2.23. The van der Waals surface area contributed by atoms with Crippen molar-refractivity contribution >= 4 is 44.6 Å². The molecule has 2 aromatic heterocycles. The Morgan fingerprint density at radius 3 is 2.34 bits per heavy atom. The number of aromatic nitrogens is 3. The third kappa shape index (κ3) is 4.36. The highest BCUT2D eigenvalue weighted by Gasteiger charge is 2.31. The fourth-order valence-corrected chi connectivity index (χ4v) is 5.15. The molecule has 0 fully saturated rings. The second kappa shape index (κ2) is 7.89. The summed E-state index contributed by atoms with van der Waals surface area (Å²) in [6.07, 6.45) is 0.889. The Balaban J connectivity index is 1.96. The quantitative estimate of drug-likeness (QED) is 0.589. The van der Waals surface area contributed by atoms with E-state index in [0.29, 0.717) is 27.8 Å². The number of aryl methyl sites for hydroxylation is 3. The van der Waals surface area contributed by atoms with Gasteiger partial charge in [0.25, 0.3) is 0 Å². The number of halogens is 1. The van der Waals surface area contributed by atoms with E-state index in [2.05, 4.69) is 10.1 Å². The molecule has 0 aliphatic carbocycles. The van der Waals surface area contributed by atoms with Gasteiger partial charge < -0.3 is 0 Å². The van der Waals surface area contributed by atoms with Crippen LogP contribution < -0.4 is 4.31 Å². The first-order chi connectivity index (χ1) is 13.5. The molecule has 0 bridgehead atoms. The van der Waals surface area contributed by atoms with E-state index in [1.54, 1.807) is 37.7 Å². The summed E-state index contributed by atoms with van der Waals surface area (Å²) in [5.41, 5.74) is 2.81. The molecule has 0 N–H and O–H groups in total. The number of rotatable bonds is 5. The lowest BCUT2D eigenvalue weighted by molar-refractivity contribution is -0.116. The predicted molar refractivity (Wildman–Crippen MR) is 116 cm³/mol. The summed E-state index contributed by atoms with van der Waals surface area (Å²) < 4.78 is 27.3. The number of nitrogens with zero attached hydrogens (tertiary/aromatic N) is 4. The number of benzene rings is 1. The van der Waals surface area contributed by atoms with E-state index in [9.17, 15) is 13.2 Å². The zero-order valence-corrected chi connectivity index (χ0v) is 19.1. The molecule has 154 valence electrons. The predicted octanol–water partition coefficient (Wildman–Crippen LogP) is 3.66. The number of amides is 1. The molecule has 3 rings (SSSR count). The van der Waals surface area contributed by atoms with Crippen LogP contribution in [0, 0.1) is 20.8 Å². The van der Waals surface area contributed by atoms with Crippen molar-refractivity contribution in [2.75, 3.05) is 10.6 Å². The SMILES string of the molecule is Cc1nn(C)c(C)c1N(C(=O)Cc1nc(-c2ccc(Cl)cc2)sc1C)S(C)(=O)=O. The first-order valence-corrected chi connectivity index (χ1v) is 11.8. The minimum atomic E-state index is -3.84. The normalized spacial score (nSPS) is 11.7. The van der Waals surface area contributed by atoms with Gasteiger partial charge in [-0.05, 0) is 32.9 Å². The van der Waals surface area contributed by atoms with Gasteiger partial charge >= 0.3 is 0 Å². The van der Waals surface area contributed by atoms with Gasteiger partial charge in [-0.25, -0.2) is 17.7 Å². The average Bonchev–Trinajstić information content (AvgIpc) is 3.09. The molecule has 3 aromatic rings. The zero-order valence-electron chi connectivity index (χ0n) is 16.7. The highest BCUT2D eigenvalue weighted by molar-refractivity contribution is 7.92. The van der Waals surface area contributed by atoms with E-state index >= 15 is 0 Å². The molecule has 0 atom stereocenters. The Morgan fingerprint density at radius 2 is 1.83 bits per heavy atom. The van der Waals surface area contributed by atoms with Gasteiger partial charge in [-0.1, -0.05) is 23.7 Å². The summed E-state index contributed by atoms with van der Waals surface area (Å²) in [4.78, 5) is 18.5. The molecule has 1 amide bonds. The number of thiazole rings is 1. The maximum atomic E-state index is 13.1. The molecule has 10 heteroatoms. The van der Waals surface area contributed by atoms with Crippen LogP contribution in [0.5, 0.6) is 0 Å². The first kappa shape index (κ1) is 21.5. The van der Waals surface area contributed by atoms with E-state index in [4.69, 9.17) is 11.6 Å². The van der Waals surface area contributed by atoms with Gasteiger partial charge in [0.2, 0.25) is 15.9 Å². The van der Waals surface area contributed by atoms with Crippen molar-refractivity contribution in [3.63, 3.8) is 0 Å². The highest BCUT2D eigenvalue weighted by atomic mass is 35.5. The van der Waals surface area contributed by atoms with Crippen molar-refractivity contribution in [1.29, 1.82) is 0 Å². The molecule has 29 heavy (non-hydrogen) atoms. The van der Waals surface area contributed by atoms with E-state index in [-0.39, 0.29) is 6.42 Å². The molecule has 0 radical (unpaired) electrons. The van der Waals surface area contributed by atoms with Crippen molar-refractivity contribution in [2.45, 2.75) is 27.2 Å². The van der Waals surface area contributed by atoms with Crippen LogP contribution in [0.2, 0.25) is 5.02 Å². The first-order valence-electron chi connectivity index (χ1n) is 8.74. The summed E-state index contributed by atoms with van der Waals surface area (Å²) in [6, 6.07) is 7.27. The maximum Gasteiger partial charge on any atom is 0.246 e. The fourth-order valence-electron chi connectivity index (χ4n) is 3.05. The van der Waals surface area contributed by atoms with Gasteiger partial charge in [-0.3, -0.25) is 9.48 Å². The second-order valence-electron chi connectivity index (χ2n) is 6.77. The van der Waals surface area contributed by atoms with Crippen LogP contribution in [0.4, 0.5) is 5.69 Å². The standard InChI is InChI=1S/C19H21ClN4O3S2/c1-11-18(12(2)23(4)22-11)24(29(5,26)27)17(25)10-16-13(3)28-19(21-16)14-6-8-15(20)9-7-14/h6-9H,10H2,1-5H3. The van der Waals surface area contributed by atoms with Gasteiger partial charge in [-0.2, -0.15) is 5.10 Å². The summed E-state index contributed by atoms with van der Waals surface area (Å²) >= 11 is 7.39. The number of hydrogen-bond donors (Lipinski definition) is 0. The van der Waals surface area contributed by atoms with Crippen LogP contribution in [0.3, 0.4) is 0 Å². The van der Waals surface area contributed by atoms with Gasteiger partial charge in [0.1, 0.15) is 10.7 Å². The van der Waals surface area contributed by atoms with Crippen LogP contribution in [0.1, 0.15) is 22.0 Å². The number of hydrogen-bond acceptors (Lipinski definition) is 6. The monoisotopic (exact) mass is 452 g/mol. The van der Waals surface area contributed by atoms with Gasteiger partial charge in [0, 0.05) is 22.5 Å². The van der Waals surface area contributed by atoms with Crippen LogP contribution >= 0.6 is 22.9 Å². The van der Waals surface area contributed by atoms with Crippen molar-refractivity contribution < 1.29 is 13.2 Å². The molecule has 0 unspecified atom stereocenters. The lowest BCUT2D eigenvalue weighted by atomic mass is 10.2. The Labute approximate surface area is 179 Å². The fraction of sp³-hybridized carbons (Fsp3) is 0.316. The molecule has 0 aliphatic heterocycles.